The molecule has 0 spiro atoms. The summed E-state index contributed by atoms with van der Waals surface area (Å²) >= 11 is 0. The summed E-state index contributed by atoms with van der Waals surface area (Å²) in [5.41, 5.74) is -2.95. The number of carboxylic acids is 1. The molecule has 0 radical (unpaired) electrons. The third kappa shape index (κ3) is 10.1. The van der Waals surface area contributed by atoms with Crippen LogP contribution in [0.5, 0.6) is 0 Å². The number of aliphatic hydroxyl groups excluding tert-OH is 11. The normalized spacial score (nSPS) is 52.5. The average Bonchev–Trinajstić information content (AvgIpc) is 3.57. The number of carbonyl (C=O) groups excluding carboxylic acids is 2. The summed E-state index contributed by atoms with van der Waals surface area (Å²) in [6.45, 7) is 13.9. The Morgan fingerprint density at radius 2 is 1.29 bits per heavy atom. The zero-order valence-electron chi connectivity index (χ0n) is 46.3. The van der Waals surface area contributed by atoms with Crippen LogP contribution in [0.15, 0.2) is 11.6 Å². The predicted octanol–water partition coefficient (Wildman–Crippen LogP) is -0.733. The molecule has 0 aromatic heterocycles. The maximum atomic E-state index is 15.2. The molecule has 450 valence electrons. The number of aliphatic hydroxyl groups is 11. The van der Waals surface area contributed by atoms with E-state index in [0.29, 0.717) is 25.7 Å². The Morgan fingerprint density at radius 1 is 0.646 bits per heavy atom. The number of carboxylic acid groups (broad SMARTS) is 1. The SMILES string of the molecule is CC(=O)OC1C(OC2CCC3(C)C(CCC4(C)C3CC=C3C5CC(C)(C(=O)O)CCC5(C(=O)OC5OC(COC6OC(CO)C(OC7OC(C)C(O)C(O)C7O)C(O)C6O)C(O)C(O)C5O)CCC34C)C2(C)C)OCC(O)C1O. The molecule has 28 atom stereocenters. The van der Waals surface area contributed by atoms with E-state index in [1.807, 2.05) is 0 Å². The van der Waals surface area contributed by atoms with E-state index in [1.165, 1.54) is 13.8 Å². The molecule has 5 aliphatic carbocycles. The van der Waals surface area contributed by atoms with Crippen LogP contribution in [-0.4, -0.2) is 222 Å². The Morgan fingerprint density at radius 3 is 1.96 bits per heavy atom. The fourth-order valence-electron chi connectivity index (χ4n) is 16.4. The van der Waals surface area contributed by atoms with E-state index >= 15 is 4.79 Å². The first-order valence-corrected chi connectivity index (χ1v) is 28.1. The van der Waals surface area contributed by atoms with Crippen molar-refractivity contribution in [1.29, 1.82) is 0 Å². The summed E-state index contributed by atoms with van der Waals surface area (Å²) in [6, 6.07) is 0. The highest BCUT2D eigenvalue weighted by atomic mass is 16.8. The van der Waals surface area contributed by atoms with Crippen LogP contribution in [-0.2, 0) is 57.0 Å². The van der Waals surface area contributed by atoms with Gasteiger partial charge in [0.2, 0.25) is 6.29 Å². The minimum atomic E-state index is -1.96. The smallest absolute Gasteiger partial charge is 0.315 e. The van der Waals surface area contributed by atoms with Gasteiger partial charge in [-0.2, -0.15) is 0 Å². The molecule has 4 saturated carbocycles. The van der Waals surface area contributed by atoms with Gasteiger partial charge in [0, 0.05) is 6.92 Å². The summed E-state index contributed by atoms with van der Waals surface area (Å²) in [6.07, 6.45) is -23.3. The van der Waals surface area contributed by atoms with Crippen molar-refractivity contribution in [3.8, 4) is 0 Å². The topological polar surface area (TPSA) is 377 Å². The number of carbonyl (C=O) groups is 3. The molecule has 4 saturated heterocycles. The average molecular weight is 1130 g/mol. The van der Waals surface area contributed by atoms with Gasteiger partial charge in [-0.1, -0.05) is 46.3 Å². The standard InChI is InChI=1S/C55H86O24/c1-23-33(59)36(62)39(65)45(73-23)78-42-28(20-56)75-44(41(67)38(42)64)72-22-29-35(61)37(63)40(66)46(76-29)79-49(70)55-17-15-51(5,48(68)69)19-26(55)25-9-10-31-52(6)13-12-32(77-47-43(74-24(2)57)34(60)27(58)21-71-47)50(3,4)30(52)11-14-54(31,8)53(25,7)16-18-55/h9,23,26-47,56,58-67H,10-22H2,1-8H3,(H,68,69). The van der Waals surface area contributed by atoms with Gasteiger partial charge < -0.3 is 104 Å². The van der Waals surface area contributed by atoms with E-state index in [0.717, 1.165) is 24.8 Å². The molecule has 24 nitrogen and oxygen atoms in total. The van der Waals surface area contributed by atoms with Gasteiger partial charge in [-0.15, -0.1) is 0 Å². The lowest BCUT2D eigenvalue weighted by molar-refractivity contribution is -0.361. The molecular weight excluding hydrogens is 1040 g/mol. The van der Waals surface area contributed by atoms with Gasteiger partial charge in [0.15, 0.2) is 25.0 Å². The highest BCUT2D eigenvalue weighted by Crippen LogP contribution is 2.76. The van der Waals surface area contributed by atoms with E-state index < -0.39 is 175 Å². The highest BCUT2D eigenvalue weighted by molar-refractivity contribution is 5.81. The first-order chi connectivity index (χ1) is 36.9. The van der Waals surface area contributed by atoms with Crippen molar-refractivity contribution < 1.29 is 118 Å². The number of rotatable bonds is 12. The minimum absolute atomic E-state index is 0.121. The second kappa shape index (κ2) is 22.1. The van der Waals surface area contributed by atoms with Crippen molar-refractivity contribution in [2.45, 2.75) is 242 Å². The van der Waals surface area contributed by atoms with Gasteiger partial charge >= 0.3 is 17.9 Å². The maximum Gasteiger partial charge on any atom is 0.315 e. The molecule has 0 aromatic rings. The van der Waals surface area contributed by atoms with Crippen LogP contribution >= 0.6 is 0 Å². The van der Waals surface area contributed by atoms with E-state index in [9.17, 15) is 70.9 Å². The van der Waals surface area contributed by atoms with Crippen molar-refractivity contribution in [1.82, 2.24) is 0 Å². The molecule has 0 bridgehead atoms. The first kappa shape index (κ1) is 61.0. The van der Waals surface area contributed by atoms with Crippen molar-refractivity contribution in [2.75, 3.05) is 19.8 Å². The Labute approximate surface area is 459 Å². The van der Waals surface area contributed by atoms with Crippen molar-refractivity contribution in [3.63, 3.8) is 0 Å². The van der Waals surface area contributed by atoms with Crippen molar-refractivity contribution in [3.05, 3.63) is 11.6 Å². The van der Waals surface area contributed by atoms with Crippen LogP contribution in [0.25, 0.3) is 0 Å². The molecule has 4 aliphatic heterocycles. The van der Waals surface area contributed by atoms with E-state index in [-0.39, 0.29) is 54.6 Å². The largest absolute Gasteiger partial charge is 0.481 e. The Balaban J connectivity index is 0.912. The summed E-state index contributed by atoms with van der Waals surface area (Å²) in [5, 5.41) is 129. The third-order valence-corrected chi connectivity index (χ3v) is 21.5. The third-order valence-electron chi connectivity index (χ3n) is 21.5. The predicted molar refractivity (Wildman–Crippen MR) is 267 cm³/mol. The van der Waals surface area contributed by atoms with Crippen LogP contribution in [0.1, 0.15) is 120 Å². The molecule has 0 amide bonds. The van der Waals surface area contributed by atoms with Gasteiger partial charge in [0.1, 0.15) is 79.4 Å². The molecule has 79 heavy (non-hydrogen) atoms. The van der Waals surface area contributed by atoms with E-state index in [2.05, 4.69) is 40.7 Å². The van der Waals surface area contributed by atoms with Gasteiger partial charge in [-0.3, -0.25) is 14.4 Å². The first-order valence-electron chi connectivity index (χ1n) is 28.1. The van der Waals surface area contributed by atoms with Crippen LogP contribution < -0.4 is 0 Å². The molecule has 4 heterocycles. The van der Waals surface area contributed by atoms with Gasteiger partial charge in [0.25, 0.3) is 0 Å². The minimum Gasteiger partial charge on any atom is -0.481 e. The fourth-order valence-corrected chi connectivity index (χ4v) is 16.4. The van der Waals surface area contributed by atoms with Gasteiger partial charge in [-0.25, -0.2) is 0 Å². The maximum absolute atomic E-state index is 15.2. The highest BCUT2D eigenvalue weighted by Gasteiger charge is 2.71. The number of hydrogen-bond acceptors (Lipinski definition) is 23. The zero-order valence-corrected chi connectivity index (χ0v) is 46.3. The van der Waals surface area contributed by atoms with Crippen LogP contribution in [0.2, 0.25) is 0 Å². The van der Waals surface area contributed by atoms with E-state index in [4.69, 9.17) is 42.6 Å². The number of hydrogen-bond donors (Lipinski definition) is 12. The summed E-state index contributed by atoms with van der Waals surface area (Å²) in [5.74, 6) is -2.70. The lowest BCUT2D eigenvalue weighted by atomic mass is 9.33. The fraction of sp³-hybridized carbons (Fsp3) is 0.909. The Hall–Kier alpha value is -2.57. The molecule has 8 fully saturated rings. The van der Waals surface area contributed by atoms with Crippen molar-refractivity contribution >= 4 is 17.9 Å². The van der Waals surface area contributed by atoms with Crippen molar-refractivity contribution in [2.24, 2.45) is 50.2 Å². The van der Waals surface area contributed by atoms with Gasteiger partial charge in [0.05, 0.1) is 42.9 Å². The van der Waals surface area contributed by atoms with Gasteiger partial charge in [-0.05, 0) is 117 Å². The summed E-state index contributed by atoms with van der Waals surface area (Å²) in [4.78, 5) is 40.4. The lowest BCUT2D eigenvalue weighted by Gasteiger charge is -2.71. The Kier molecular flexibility index (Phi) is 17.1. The number of ether oxygens (including phenoxy) is 9. The second-order valence-corrected chi connectivity index (χ2v) is 26.1. The van der Waals surface area contributed by atoms with Crippen LogP contribution in [0, 0.1) is 50.2 Å². The van der Waals surface area contributed by atoms with E-state index in [1.54, 1.807) is 6.92 Å². The zero-order chi connectivity index (χ0) is 57.9. The molecule has 12 N–H and O–H groups in total. The summed E-state index contributed by atoms with van der Waals surface area (Å²) < 4.78 is 52.6. The number of allylic oxidation sites excluding steroid dienone is 2. The lowest BCUT2D eigenvalue weighted by Crippen LogP contribution is -2.66. The second-order valence-electron chi connectivity index (χ2n) is 26.1. The molecule has 9 rings (SSSR count). The number of aliphatic carboxylic acids is 1. The Bertz CT molecular complexity index is 2270. The quantitative estimate of drug-likeness (QED) is 0.0651. The molecular formula is C55H86O24. The van der Waals surface area contributed by atoms with Crippen LogP contribution in [0.4, 0.5) is 0 Å². The molecule has 24 heteroatoms. The number of fused-ring (bicyclic) bond motifs is 7. The molecule has 9 aliphatic rings. The number of esters is 2. The van der Waals surface area contributed by atoms with Crippen LogP contribution in [0.3, 0.4) is 0 Å². The monoisotopic (exact) mass is 1130 g/mol. The molecule has 28 unspecified atom stereocenters. The molecule has 0 aromatic carbocycles. The summed E-state index contributed by atoms with van der Waals surface area (Å²) in [7, 11) is 0.